The Kier molecular flexibility index (Phi) is 3.85. The highest BCUT2D eigenvalue weighted by atomic mass is 35.5. The third-order valence-corrected chi connectivity index (χ3v) is 2.85. The minimum Gasteiger partial charge on any atom is -0.497 e. The third kappa shape index (κ3) is 3.01. The topological polar surface area (TPSA) is 35.0 Å². The second-order valence-corrected chi connectivity index (χ2v) is 4.47. The predicted molar refractivity (Wildman–Crippen MR) is 68.8 cm³/mol. The highest BCUT2D eigenvalue weighted by molar-refractivity contribution is 6.29. The van der Waals surface area contributed by atoms with Gasteiger partial charge < -0.3 is 4.74 Å². The molecule has 0 aliphatic heterocycles. The van der Waals surface area contributed by atoms with Crippen LogP contribution in [0.1, 0.15) is 11.4 Å². The molecule has 3 nitrogen and oxygen atoms in total. The molecule has 20 heavy (non-hydrogen) atoms. The average Bonchev–Trinajstić information content (AvgIpc) is 2.36. The summed E-state index contributed by atoms with van der Waals surface area (Å²) in [7, 11) is 1.51. The van der Waals surface area contributed by atoms with E-state index in [-0.39, 0.29) is 10.8 Å². The Morgan fingerprint density at radius 3 is 2.40 bits per heavy atom. The van der Waals surface area contributed by atoms with E-state index in [0.717, 1.165) is 5.56 Å². The van der Waals surface area contributed by atoms with Gasteiger partial charge in [0.2, 0.25) is 5.82 Å². The number of methoxy groups -OCH3 is 1. The van der Waals surface area contributed by atoms with Gasteiger partial charge in [0.1, 0.15) is 10.9 Å². The lowest BCUT2D eigenvalue weighted by Crippen LogP contribution is -2.11. The van der Waals surface area contributed by atoms with Crippen LogP contribution in [0.5, 0.6) is 5.75 Å². The fourth-order valence-electron chi connectivity index (χ4n) is 1.73. The van der Waals surface area contributed by atoms with Crippen molar-refractivity contribution >= 4 is 11.6 Å². The third-order valence-electron chi connectivity index (χ3n) is 2.66. The molecule has 0 unspecified atom stereocenters. The molecule has 0 atom stereocenters. The Morgan fingerprint density at radius 2 is 1.85 bits per heavy atom. The van der Waals surface area contributed by atoms with Crippen LogP contribution in [0.3, 0.4) is 0 Å². The number of ether oxygens (including phenoxy) is 1. The summed E-state index contributed by atoms with van der Waals surface area (Å²) in [5, 5.41) is -0.252. The lowest BCUT2D eigenvalue weighted by atomic mass is 10.1. The SMILES string of the molecule is COc1ccc(-c2cc(Cl)nc(C(F)(F)F)n2)c(C)c1. The number of rotatable bonds is 2. The Bertz CT molecular complexity index is 644. The van der Waals surface area contributed by atoms with Crippen molar-refractivity contribution in [1.29, 1.82) is 0 Å². The molecule has 0 N–H and O–H groups in total. The van der Waals surface area contributed by atoms with Crippen molar-refractivity contribution in [2.24, 2.45) is 0 Å². The van der Waals surface area contributed by atoms with E-state index >= 15 is 0 Å². The van der Waals surface area contributed by atoms with Gasteiger partial charge in [-0.15, -0.1) is 0 Å². The summed E-state index contributed by atoms with van der Waals surface area (Å²) in [5.74, 6) is -0.641. The van der Waals surface area contributed by atoms with Crippen LogP contribution in [0.4, 0.5) is 13.2 Å². The summed E-state index contributed by atoms with van der Waals surface area (Å²) in [6.45, 7) is 1.75. The molecule has 106 valence electrons. The monoisotopic (exact) mass is 302 g/mol. The van der Waals surface area contributed by atoms with Crippen molar-refractivity contribution < 1.29 is 17.9 Å². The van der Waals surface area contributed by atoms with E-state index in [1.165, 1.54) is 13.2 Å². The standard InChI is InChI=1S/C13H10ClF3N2O/c1-7-5-8(20-2)3-4-9(7)10-6-11(14)19-12(18-10)13(15,16)17/h3-6H,1-2H3. The highest BCUT2D eigenvalue weighted by Gasteiger charge is 2.35. The maximum Gasteiger partial charge on any atom is 0.451 e. The van der Waals surface area contributed by atoms with Crippen molar-refractivity contribution in [1.82, 2.24) is 9.97 Å². The van der Waals surface area contributed by atoms with Gasteiger partial charge in [-0.2, -0.15) is 13.2 Å². The van der Waals surface area contributed by atoms with Gasteiger partial charge in [-0.05, 0) is 30.7 Å². The lowest BCUT2D eigenvalue weighted by molar-refractivity contribution is -0.144. The van der Waals surface area contributed by atoms with E-state index in [9.17, 15) is 13.2 Å². The van der Waals surface area contributed by atoms with E-state index < -0.39 is 12.0 Å². The molecule has 7 heteroatoms. The van der Waals surface area contributed by atoms with E-state index in [1.54, 1.807) is 25.1 Å². The van der Waals surface area contributed by atoms with Crippen LogP contribution in [-0.2, 0) is 6.18 Å². The fraction of sp³-hybridized carbons (Fsp3) is 0.231. The van der Waals surface area contributed by atoms with E-state index in [4.69, 9.17) is 16.3 Å². The minimum atomic E-state index is -4.64. The maximum atomic E-state index is 12.7. The van der Waals surface area contributed by atoms with Crippen molar-refractivity contribution in [2.45, 2.75) is 13.1 Å². The van der Waals surface area contributed by atoms with E-state index in [1.807, 2.05) is 0 Å². The second kappa shape index (κ2) is 5.28. The highest BCUT2D eigenvalue weighted by Crippen LogP contribution is 2.31. The molecular formula is C13H10ClF3N2O. The maximum absolute atomic E-state index is 12.7. The molecule has 0 fully saturated rings. The number of nitrogens with zero attached hydrogens (tertiary/aromatic N) is 2. The van der Waals surface area contributed by atoms with Crippen LogP contribution >= 0.6 is 11.6 Å². The molecule has 0 spiro atoms. The molecule has 1 aromatic carbocycles. The molecule has 0 amide bonds. The van der Waals surface area contributed by atoms with Crippen LogP contribution in [0.2, 0.25) is 5.15 Å². The van der Waals surface area contributed by atoms with E-state index in [0.29, 0.717) is 11.3 Å². The van der Waals surface area contributed by atoms with Gasteiger partial charge in [-0.25, -0.2) is 9.97 Å². The molecule has 2 aromatic rings. The first-order valence-electron chi connectivity index (χ1n) is 5.58. The molecule has 0 bridgehead atoms. The molecule has 1 heterocycles. The molecule has 0 aliphatic carbocycles. The largest absolute Gasteiger partial charge is 0.497 e. The fourth-order valence-corrected chi connectivity index (χ4v) is 1.92. The first-order valence-corrected chi connectivity index (χ1v) is 5.96. The van der Waals surface area contributed by atoms with Crippen LogP contribution in [0.15, 0.2) is 24.3 Å². The van der Waals surface area contributed by atoms with Crippen LogP contribution in [0, 0.1) is 6.92 Å². The van der Waals surface area contributed by atoms with Crippen molar-refractivity contribution in [3.63, 3.8) is 0 Å². The van der Waals surface area contributed by atoms with Crippen LogP contribution in [-0.4, -0.2) is 17.1 Å². The second-order valence-electron chi connectivity index (χ2n) is 4.08. The Labute approximate surface area is 118 Å². The molecule has 1 aromatic heterocycles. The first kappa shape index (κ1) is 14.6. The Hall–Kier alpha value is -1.82. The molecule has 2 rings (SSSR count). The van der Waals surface area contributed by atoms with Crippen molar-refractivity contribution in [3.05, 3.63) is 40.8 Å². The van der Waals surface area contributed by atoms with Crippen molar-refractivity contribution in [3.8, 4) is 17.0 Å². The zero-order chi connectivity index (χ0) is 14.9. The summed E-state index contributed by atoms with van der Waals surface area (Å²) >= 11 is 5.64. The lowest BCUT2D eigenvalue weighted by Gasteiger charge is -2.10. The zero-order valence-corrected chi connectivity index (χ0v) is 11.4. The summed E-state index contributed by atoms with van der Waals surface area (Å²) in [6.07, 6.45) is -4.64. The van der Waals surface area contributed by atoms with Gasteiger partial charge in [-0.3, -0.25) is 0 Å². The van der Waals surface area contributed by atoms with Crippen LogP contribution in [0.25, 0.3) is 11.3 Å². The molecular weight excluding hydrogens is 293 g/mol. The summed E-state index contributed by atoms with van der Waals surface area (Å²) < 4.78 is 43.1. The number of hydrogen-bond donors (Lipinski definition) is 0. The number of halogens is 4. The van der Waals surface area contributed by atoms with Gasteiger partial charge in [-0.1, -0.05) is 11.6 Å². The van der Waals surface area contributed by atoms with Gasteiger partial charge in [0, 0.05) is 11.6 Å². The zero-order valence-electron chi connectivity index (χ0n) is 10.6. The first-order chi connectivity index (χ1) is 9.31. The van der Waals surface area contributed by atoms with Gasteiger partial charge in [0.05, 0.1) is 12.8 Å². The number of benzene rings is 1. The smallest absolute Gasteiger partial charge is 0.451 e. The van der Waals surface area contributed by atoms with Gasteiger partial charge in [0.25, 0.3) is 0 Å². The Morgan fingerprint density at radius 1 is 1.15 bits per heavy atom. The molecule has 0 saturated heterocycles. The predicted octanol–water partition coefficient (Wildman–Crippen LogP) is 4.13. The summed E-state index contributed by atoms with van der Waals surface area (Å²) in [4.78, 5) is 6.73. The molecule has 0 saturated carbocycles. The molecule has 0 aliphatic rings. The number of aromatic nitrogens is 2. The number of aryl methyl sites for hydroxylation is 1. The van der Waals surface area contributed by atoms with Crippen molar-refractivity contribution in [2.75, 3.05) is 7.11 Å². The minimum absolute atomic E-state index is 0.123. The summed E-state index contributed by atoms with van der Waals surface area (Å²) in [5.41, 5.74) is 1.39. The normalized spacial score (nSPS) is 11.5. The summed E-state index contributed by atoms with van der Waals surface area (Å²) in [6, 6.07) is 6.28. The Balaban J connectivity index is 2.55. The number of hydrogen-bond acceptors (Lipinski definition) is 3. The average molecular weight is 303 g/mol. The van der Waals surface area contributed by atoms with Gasteiger partial charge >= 0.3 is 6.18 Å². The molecule has 0 radical (unpaired) electrons. The van der Waals surface area contributed by atoms with E-state index in [2.05, 4.69) is 9.97 Å². The van der Waals surface area contributed by atoms with Gasteiger partial charge in [0.15, 0.2) is 0 Å². The quantitative estimate of drug-likeness (QED) is 0.782. The number of alkyl halides is 3. The van der Waals surface area contributed by atoms with Crippen LogP contribution < -0.4 is 4.74 Å².